The summed E-state index contributed by atoms with van der Waals surface area (Å²) in [5, 5.41) is 0.113. The molecule has 0 bridgehead atoms. The van der Waals surface area contributed by atoms with Gasteiger partial charge in [-0.25, -0.2) is 13.4 Å². The van der Waals surface area contributed by atoms with Crippen molar-refractivity contribution in [1.82, 2.24) is 14.3 Å². The van der Waals surface area contributed by atoms with Crippen molar-refractivity contribution in [2.75, 3.05) is 19.0 Å². The number of hydrogen-bond acceptors (Lipinski definition) is 4. The van der Waals surface area contributed by atoms with Crippen LogP contribution < -0.4 is 0 Å². The van der Waals surface area contributed by atoms with Gasteiger partial charge in [0.2, 0.25) is 0 Å². The zero-order valence-corrected chi connectivity index (χ0v) is 11.8. The van der Waals surface area contributed by atoms with Gasteiger partial charge in [0.05, 0.1) is 18.9 Å². The van der Waals surface area contributed by atoms with Crippen LogP contribution in [0.3, 0.4) is 0 Å². The summed E-state index contributed by atoms with van der Waals surface area (Å²) < 4.78 is 31.7. The number of imidazole rings is 1. The van der Waals surface area contributed by atoms with E-state index < -0.39 is 10.0 Å². The maximum atomic E-state index is 12.4. The highest BCUT2D eigenvalue weighted by Crippen LogP contribution is 2.21. The first kappa shape index (κ1) is 13.8. The smallest absolute Gasteiger partial charge is 0.260 e. The molecule has 1 aromatic heterocycles. The van der Waals surface area contributed by atoms with E-state index in [0.29, 0.717) is 12.4 Å². The molecular formula is C10H16ClN3O3S. The number of halogens is 1. The molecule has 1 fully saturated rings. The summed E-state index contributed by atoms with van der Waals surface area (Å²) >= 11 is 5.73. The molecule has 8 heteroatoms. The molecule has 2 unspecified atom stereocenters. The number of hydrogen-bond donors (Lipinski definition) is 1. The lowest BCUT2D eigenvalue weighted by molar-refractivity contribution is -0.0152. The normalized spacial score (nSPS) is 26.4. The highest BCUT2D eigenvalue weighted by molar-refractivity contribution is 7.89. The van der Waals surface area contributed by atoms with Gasteiger partial charge in [0.1, 0.15) is 5.82 Å². The van der Waals surface area contributed by atoms with E-state index in [1.807, 2.05) is 6.92 Å². The molecule has 0 radical (unpaired) electrons. The molecule has 1 aromatic rings. The van der Waals surface area contributed by atoms with Crippen molar-refractivity contribution in [2.24, 2.45) is 0 Å². The van der Waals surface area contributed by atoms with Crippen LogP contribution in [0.15, 0.2) is 11.2 Å². The Morgan fingerprint density at radius 2 is 2.39 bits per heavy atom. The third-order valence-electron chi connectivity index (χ3n) is 2.89. The SMILES string of the molecule is Cc1ncc(S(=O)(=O)N2CC(CCl)OCC2C)[nH]1. The van der Waals surface area contributed by atoms with E-state index in [0.717, 1.165) is 0 Å². The fourth-order valence-corrected chi connectivity index (χ4v) is 3.67. The standard InChI is InChI=1S/C10H16ClN3O3S/c1-7-6-17-9(3-11)5-14(7)18(15,16)10-4-12-8(2)13-10/h4,7,9H,3,5-6H2,1-2H3,(H,12,13). The lowest BCUT2D eigenvalue weighted by Crippen LogP contribution is -2.51. The summed E-state index contributed by atoms with van der Waals surface area (Å²) in [5.74, 6) is 0.851. The van der Waals surface area contributed by atoms with Crippen molar-refractivity contribution in [2.45, 2.75) is 31.0 Å². The van der Waals surface area contributed by atoms with Crippen LogP contribution in [0.1, 0.15) is 12.7 Å². The molecule has 102 valence electrons. The van der Waals surface area contributed by atoms with Gasteiger partial charge in [-0.15, -0.1) is 11.6 Å². The van der Waals surface area contributed by atoms with E-state index in [4.69, 9.17) is 16.3 Å². The number of rotatable bonds is 3. The lowest BCUT2D eigenvalue weighted by atomic mass is 10.2. The van der Waals surface area contributed by atoms with E-state index in [1.165, 1.54) is 10.5 Å². The van der Waals surface area contributed by atoms with Crippen molar-refractivity contribution in [1.29, 1.82) is 0 Å². The molecule has 2 heterocycles. The van der Waals surface area contributed by atoms with E-state index in [9.17, 15) is 8.42 Å². The molecule has 1 aliphatic rings. The molecule has 6 nitrogen and oxygen atoms in total. The number of nitrogens with one attached hydrogen (secondary N) is 1. The van der Waals surface area contributed by atoms with Gasteiger partial charge in [0.25, 0.3) is 10.0 Å². The molecular weight excluding hydrogens is 278 g/mol. The van der Waals surface area contributed by atoms with Crippen molar-refractivity contribution in [3.63, 3.8) is 0 Å². The molecule has 0 amide bonds. The fourth-order valence-electron chi connectivity index (χ4n) is 1.88. The summed E-state index contributed by atoms with van der Waals surface area (Å²) in [4.78, 5) is 6.68. The Balaban J connectivity index is 2.28. The van der Waals surface area contributed by atoms with Crippen LogP contribution in [0.25, 0.3) is 0 Å². The van der Waals surface area contributed by atoms with Gasteiger partial charge < -0.3 is 9.72 Å². The molecule has 0 saturated carbocycles. The predicted molar refractivity (Wildman–Crippen MR) is 67.1 cm³/mol. The lowest BCUT2D eigenvalue weighted by Gasteiger charge is -2.35. The fraction of sp³-hybridized carbons (Fsp3) is 0.700. The number of sulfonamides is 1. The van der Waals surface area contributed by atoms with Gasteiger partial charge in [0, 0.05) is 18.5 Å². The van der Waals surface area contributed by atoms with Crippen LogP contribution in [0.4, 0.5) is 0 Å². The Kier molecular flexibility index (Phi) is 3.96. The van der Waals surface area contributed by atoms with Gasteiger partial charge in [-0.05, 0) is 13.8 Å². The quantitative estimate of drug-likeness (QED) is 0.834. The van der Waals surface area contributed by atoms with Crippen LogP contribution in [-0.2, 0) is 14.8 Å². The van der Waals surface area contributed by atoms with E-state index in [-0.39, 0.29) is 29.6 Å². The molecule has 1 N–H and O–H groups in total. The molecule has 2 rings (SSSR count). The number of aryl methyl sites for hydroxylation is 1. The largest absolute Gasteiger partial charge is 0.374 e. The first-order valence-corrected chi connectivity index (χ1v) is 7.63. The molecule has 1 aliphatic heterocycles. The van der Waals surface area contributed by atoms with Crippen LogP contribution in [0.2, 0.25) is 0 Å². The molecule has 0 spiro atoms. The van der Waals surface area contributed by atoms with Crippen molar-refractivity contribution < 1.29 is 13.2 Å². The first-order chi connectivity index (χ1) is 8.45. The minimum atomic E-state index is -3.56. The second-order valence-electron chi connectivity index (χ2n) is 4.37. The Hall–Kier alpha value is -0.630. The van der Waals surface area contributed by atoms with Crippen molar-refractivity contribution >= 4 is 21.6 Å². The molecule has 0 aliphatic carbocycles. The Morgan fingerprint density at radius 3 is 2.94 bits per heavy atom. The predicted octanol–water partition coefficient (Wildman–Crippen LogP) is 0.735. The zero-order chi connectivity index (χ0) is 13.3. The monoisotopic (exact) mass is 293 g/mol. The van der Waals surface area contributed by atoms with Gasteiger partial charge in [-0.1, -0.05) is 0 Å². The summed E-state index contributed by atoms with van der Waals surface area (Å²) in [6.45, 7) is 4.14. The Labute approximate surface area is 111 Å². The second kappa shape index (κ2) is 5.16. The van der Waals surface area contributed by atoms with Crippen LogP contribution in [0.5, 0.6) is 0 Å². The summed E-state index contributed by atoms with van der Waals surface area (Å²) in [6, 6.07) is -0.210. The minimum Gasteiger partial charge on any atom is -0.374 e. The second-order valence-corrected chi connectivity index (χ2v) is 6.53. The van der Waals surface area contributed by atoms with E-state index >= 15 is 0 Å². The Bertz CT molecular complexity index is 516. The maximum absolute atomic E-state index is 12.4. The van der Waals surface area contributed by atoms with Crippen molar-refractivity contribution in [3.8, 4) is 0 Å². The van der Waals surface area contributed by atoms with Gasteiger partial charge in [-0.2, -0.15) is 4.31 Å². The molecule has 1 saturated heterocycles. The Morgan fingerprint density at radius 1 is 1.67 bits per heavy atom. The number of aromatic nitrogens is 2. The summed E-state index contributed by atoms with van der Waals surface area (Å²) in [6.07, 6.45) is 1.07. The number of H-pyrrole nitrogens is 1. The zero-order valence-electron chi connectivity index (χ0n) is 10.3. The molecule has 18 heavy (non-hydrogen) atoms. The average molecular weight is 294 g/mol. The van der Waals surface area contributed by atoms with Crippen LogP contribution >= 0.6 is 11.6 Å². The van der Waals surface area contributed by atoms with Gasteiger partial charge >= 0.3 is 0 Å². The number of alkyl halides is 1. The first-order valence-electron chi connectivity index (χ1n) is 5.66. The summed E-state index contributed by atoms with van der Waals surface area (Å²) in [5.41, 5.74) is 0. The van der Waals surface area contributed by atoms with Gasteiger partial charge in [0.15, 0.2) is 5.03 Å². The van der Waals surface area contributed by atoms with E-state index in [1.54, 1.807) is 6.92 Å². The molecule has 0 aromatic carbocycles. The highest BCUT2D eigenvalue weighted by atomic mass is 35.5. The van der Waals surface area contributed by atoms with Gasteiger partial charge in [-0.3, -0.25) is 0 Å². The van der Waals surface area contributed by atoms with Crippen LogP contribution in [-0.4, -0.2) is 53.9 Å². The van der Waals surface area contributed by atoms with E-state index in [2.05, 4.69) is 9.97 Å². The maximum Gasteiger partial charge on any atom is 0.260 e. The minimum absolute atomic E-state index is 0.113. The third kappa shape index (κ3) is 2.54. The number of aromatic amines is 1. The number of ether oxygens (including phenoxy) is 1. The van der Waals surface area contributed by atoms with Crippen molar-refractivity contribution in [3.05, 3.63) is 12.0 Å². The summed E-state index contributed by atoms with van der Waals surface area (Å²) in [7, 11) is -3.56. The number of morpholine rings is 1. The average Bonchev–Trinajstić information content (AvgIpc) is 2.77. The topological polar surface area (TPSA) is 75.3 Å². The number of nitrogens with zero attached hydrogens (tertiary/aromatic N) is 2. The highest BCUT2D eigenvalue weighted by Gasteiger charge is 2.36. The molecule has 2 atom stereocenters. The third-order valence-corrected chi connectivity index (χ3v) is 5.12. The van der Waals surface area contributed by atoms with Crippen LogP contribution in [0, 0.1) is 6.92 Å².